The molecule has 0 spiro atoms. The van der Waals surface area contributed by atoms with Crippen LogP contribution in [0.2, 0.25) is 0 Å². The zero-order valence-electron chi connectivity index (χ0n) is 12.1. The van der Waals surface area contributed by atoms with Crippen LogP contribution in [0.1, 0.15) is 19.8 Å². The molecule has 0 fully saturated rings. The summed E-state index contributed by atoms with van der Waals surface area (Å²) < 4.78 is 0. The minimum atomic E-state index is -1.04. The van der Waals surface area contributed by atoms with E-state index in [4.69, 9.17) is 5.11 Å². The number of carboxylic acid groups (broad SMARTS) is 1. The van der Waals surface area contributed by atoms with Crippen LogP contribution in [0.15, 0.2) is 12.7 Å². The molecule has 0 saturated carbocycles. The highest BCUT2D eigenvalue weighted by Crippen LogP contribution is 1.98. The molecule has 110 valence electrons. The molecule has 2 N–H and O–H groups in total. The van der Waals surface area contributed by atoms with Gasteiger partial charge in [0.15, 0.2) is 0 Å². The molecule has 6 heteroatoms. The van der Waals surface area contributed by atoms with E-state index in [1.165, 1.54) is 6.08 Å². The van der Waals surface area contributed by atoms with Crippen molar-refractivity contribution in [3.63, 3.8) is 0 Å². The van der Waals surface area contributed by atoms with Gasteiger partial charge in [-0.15, -0.1) is 6.58 Å². The zero-order chi connectivity index (χ0) is 14.8. The third kappa shape index (κ3) is 7.46. The maximum atomic E-state index is 12.0. The predicted octanol–water partition coefficient (Wildman–Crippen LogP) is 0.999. The minimum Gasteiger partial charge on any atom is -0.480 e. The van der Waals surface area contributed by atoms with Gasteiger partial charge in [0.2, 0.25) is 0 Å². The van der Waals surface area contributed by atoms with Crippen molar-refractivity contribution >= 4 is 12.0 Å². The van der Waals surface area contributed by atoms with Gasteiger partial charge in [0.25, 0.3) is 0 Å². The van der Waals surface area contributed by atoms with Crippen LogP contribution in [0.3, 0.4) is 0 Å². The lowest BCUT2D eigenvalue weighted by atomic mass is 10.2. The average molecular weight is 271 g/mol. The van der Waals surface area contributed by atoms with Crippen molar-refractivity contribution in [2.45, 2.75) is 25.8 Å². The molecule has 0 aliphatic rings. The molecule has 6 nitrogen and oxygen atoms in total. The number of hydrogen-bond donors (Lipinski definition) is 2. The van der Waals surface area contributed by atoms with E-state index in [0.717, 1.165) is 13.0 Å². The van der Waals surface area contributed by atoms with Crippen LogP contribution in [0.4, 0.5) is 4.79 Å². The fraction of sp³-hybridized carbons (Fsp3) is 0.692. The summed E-state index contributed by atoms with van der Waals surface area (Å²) in [5.74, 6) is -1.04. The Kier molecular flexibility index (Phi) is 8.61. The molecular formula is C13H25N3O3. The Morgan fingerprint density at radius 2 is 1.95 bits per heavy atom. The molecule has 1 unspecified atom stereocenters. The summed E-state index contributed by atoms with van der Waals surface area (Å²) in [5.41, 5.74) is 0. The fourth-order valence-electron chi connectivity index (χ4n) is 1.53. The third-order valence-corrected chi connectivity index (χ3v) is 2.60. The van der Waals surface area contributed by atoms with Crippen molar-refractivity contribution in [3.8, 4) is 0 Å². The van der Waals surface area contributed by atoms with E-state index in [2.05, 4.69) is 11.9 Å². The number of likely N-dealkylation sites (N-methyl/N-ethyl adjacent to an activating group) is 1. The smallest absolute Gasteiger partial charge is 0.326 e. The Balaban J connectivity index is 4.51. The van der Waals surface area contributed by atoms with E-state index in [9.17, 15) is 9.59 Å². The number of nitrogens with zero attached hydrogens (tertiary/aromatic N) is 2. The van der Waals surface area contributed by atoms with Crippen LogP contribution in [0, 0.1) is 0 Å². The standard InChI is InChI=1S/C13H25N3O3/c1-5-7-11(12(17)18)14-13(19)16(8-6-2)10-9-15(3)4/h5,11H,1,6-10H2,2-4H3,(H,14,19)(H,17,18). The highest BCUT2D eigenvalue weighted by atomic mass is 16.4. The molecule has 0 radical (unpaired) electrons. The normalized spacial score (nSPS) is 12.0. The number of carbonyl (C=O) groups is 2. The number of aliphatic carboxylic acids is 1. The number of carbonyl (C=O) groups excluding carboxylic acids is 1. The molecule has 19 heavy (non-hydrogen) atoms. The third-order valence-electron chi connectivity index (χ3n) is 2.60. The van der Waals surface area contributed by atoms with Gasteiger partial charge >= 0.3 is 12.0 Å². The van der Waals surface area contributed by atoms with E-state index >= 15 is 0 Å². The lowest BCUT2D eigenvalue weighted by Gasteiger charge is -2.25. The number of urea groups is 1. The first-order valence-corrected chi connectivity index (χ1v) is 6.46. The molecule has 0 aliphatic carbocycles. The van der Waals surface area contributed by atoms with E-state index in [-0.39, 0.29) is 12.5 Å². The number of carboxylic acids is 1. The predicted molar refractivity (Wildman–Crippen MR) is 75.2 cm³/mol. The zero-order valence-corrected chi connectivity index (χ0v) is 12.1. The van der Waals surface area contributed by atoms with Gasteiger partial charge in [0, 0.05) is 19.6 Å². The second-order valence-corrected chi connectivity index (χ2v) is 4.66. The van der Waals surface area contributed by atoms with E-state index in [0.29, 0.717) is 13.1 Å². The highest BCUT2D eigenvalue weighted by molar-refractivity contribution is 5.82. The molecule has 1 atom stereocenters. The van der Waals surface area contributed by atoms with Crippen molar-refractivity contribution < 1.29 is 14.7 Å². The van der Waals surface area contributed by atoms with Crippen LogP contribution >= 0.6 is 0 Å². The molecule has 0 heterocycles. The van der Waals surface area contributed by atoms with Crippen molar-refractivity contribution in [1.82, 2.24) is 15.1 Å². The van der Waals surface area contributed by atoms with Crippen molar-refractivity contribution in [1.29, 1.82) is 0 Å². The monoisotopic (exact) mass is 271 g/mol. The van der Waals surface area contributed by atoms with Gasteiger partial charge in [0.1, 0.15) is 6.04 Å². The quantitative estimate of drug-likeness (QED) is 0.614. The Labute approximate surface area is 115 Å². The Bertz CT molecular complexity index is 306. The first-order valence-electron chi connectivity index (χ1n) is 6.46. The van der Waals surface area contributed by atoms with Gasteiger partial charge in [-0.05, 0) is 26.9 Å². The topological polar surface area (TPSA) is 72.9 Å². The molecule has 0 rings (SSSR count). The highest BCUT2D eigenvalue weighted by Gasteiger charge is 2.21. The molecule has 2 amide bonds. The molecular weight excluding hydrogens is 246 g/mol. The summed E-state index contributed by atoms with van der Waals surface area (Å²) in [6.07, 6.45) is 2.54. The minimum absolute atomic E-state index is 0.217. The molecule has 0 aromatic heterocycles. The summed E-state index contributed by atoms with van der Waals surface area (Å²) in [7, 11) is 3.86. The molecule has 0 bridgehead atoms. The lowest BCUT2D eigenvalue weighted by molar-refractivity contribution is -0.139. The number of nitrogens with one attached hydrogen (secondary N) is 1. The van der Waals surface area contributed by atoms with Crippen LogP contribution in [0.5, 0.6) is 0 Å². The second-order valence-electron chi connectivity index (χ2n) is 4.66. The van der Waals surface area contributed by atoms with Crippen molar-refractivity contribution in [3.05, 3.63) is 12.7 Å². The van der Waals surface area contributed by atoms with E-state index in [1.54, 1.807) is 4.90 Å². The van der Waals surface area contributed by atoms with E-state index in [1.807, 2.05) is 25.9 Å². The van der Waals surface area contributed by atoms with Gasteiger partial charge in [0.05, 0.1) is 0 Å². The average Bonchev–Trinajstić information content (AvgIpc) is 2.33. The maximum absolute atomic E-state index is 12.0. The second kappa shape index (κ2) is 9.38. The fourth-order valence-corrected chi connectivity index (χ4v) is 1.53. The summed E-state index contributed by atoms with van der Waals surface area (Å²) in [4.78, 5) is 26.6. The summed E-state index contributed by atoms with van der Waals surface area (Å²) in [6.45, 7) is 7.41. The van der Waals surface area contributed by atoms with Crippen LogP contribution in [-0.2, 0) is 4.79 Å². The number of rotatable bonds is 9. The van der Waals surface area contributed by atoms with Crippen molar-refractivity contribution in [2.75, 3.05) is 33.7 Å². The van der Waals surface area contributed by atoms with E-state index < -0.39 is 12.0 Å². The molecule has 0 aromatic carbocycles. The van der Waals surface area contributed by atoms with Crippen molar-refractivity contribution in [2.24, 2.45) is 0 Å². The Morgan fingerprint density at radius 1 is 1.32 bits per heavy atom. The molecule has 0 saturated heterocycles. The van der Waals surface area contributed by atoms with Gasteiger partial charge in [-0.1, -0.05) is 13.0 Å². The molecule has 0 aromatic rings. The first-order chi connectivity index (χ1) is 8.92. The van der Waals surface area contributed by atoms with Gasteiger partial charge in [-0.2, -0.15) is 0 Å². The number of amides is 2. The van der Waals surface area contributed by atoms with Crippen LogP contribution < -0.4 is 5.32 Å². The lowest BCUT2D eigenvalue weighted by Crippen LogP contribution is -2.49. The van der Waals surface area contributed by atoms with Gasteiger partial charge in [-0.25, -0.2) is 9.59 Å². The summed E-state index contributed by atoms with van der Waals surface area (Å²) in [6, 6.07) is -1.25. The van der Waals surface area contributed by atoms with Crippen LogP contribution in [0.25, 0.3) is 0 Å². The first kappa shape index (κ1) is 17.4. The number of hydrogen-bond acceptors (Lipinski definition) is 3. The Hall–Kier alpha value is -1.56. The SMILES string of the molecule is C=CCC(NC(=O)N(CCC)CCN(C)C)C(=O)O. The largest absolute Gasteiger partial charge is 0.480 e. The summed E-state index contributed by atoms with van der Waals surface area (Å²) >= 11 is 0. The Morgan fingerprint density at radius 3 is 2.37 bits per heavy atom. The molecule has 0 aliphatic heterocycles. The summed E-state index contributed by atoms with van der Waals surface area (Å²) in [5, 5.41) is 11.5. The van der Waals surface area contributed by atoms with Gasteiger partial charge < -0.3 is 20.2 Å². The van der Waals surface area contributed by atoms with Gasteiger partial charge in [-0.3, -0.25) is 0 Å². The van der Waals surface area contributed by atoms with Crippen LogP contribution in [-0.4, -0.2) is 66.7 Å². The maximum Gasteiger partial charge on any atom is 0.326 e.